The standard InChI is InChI=1S/C16H14ClF3N4O2/c17-12-6-11(1-2-13(12)23-4-3-21-9-23)22-15(26)10-5-14(25)24(7-10)8-16(18,19)20/h1-4,6,9-10H,5,7-8H2,(H,22,26). The second kappa shape index (κ2) is 6.99. The van der Waals surface area contributed by atoms with Gasteiger partial charge in [-0.25, -0.2) is 4.98 Å². The van der Waals surface area contributed by atoms with Crippen molar-refractivity contribution >= 4 is 29.1 Å². The van der Waals surface area contributed by atoms with E-state index in [4.69, 9.17) is 11.6 Å². The van der Waals surface area contributed by atoms with E-state index in [-0.39, 0.29) is 13.0 Å². The molecule has 1 fully saturated rings. The SMILES string of the molecule is O=C(Nc1ccc(-n2ccnc2)c(Cl)c1)C1CC(=O)N(CC(F)(F)F)C1. The molecule has 0 radical (unpaired) electrons. The van der Waals surface area contributed by atoms with Gasteiger partial charge in [-0.1, -0.05) is 11.6 Å². The maximum Gasteiger partial charge on any atom is 0.406 e. The van der Waals surface area contributed by atoms with E-state index < -0.39 is 30.5 Å². The Morgan fingerprint density at radius 2 is 2.15 bits per heavy atom. The van der Waals surface area contributed by atoms with Crippen molar-refractivity contribution in [2.24, 2.45) is 5.92 Å². The number of carbonyl (C=O) groups excluding carboxylic acids is 2. The quantitative estimate of drug-likeness (QED) is 0.878. The summed E-state index contributed by atoms with van der Waals surface area (Å²) in [6.07, 6.45) is 0.133. The van der Waals surface area contributed by atoms with Gasteiger partial charge in [-0.15, -0.1) is 0 Å². The van der Waals surface area contributed by atoms with Crippen LogP contribution in [0, 0.1) is 5.92 Å². The highest BCUT2D eigenvalue weighted by Crippen LogP contribution is 2.27. The summed E-state index contributed by atoms with van der Waals surface area (Å²) in [5, 5.41) is 2.96. The van der Waals surface area contributed by atoms with E-state index in [9.17, 15) is 22.8 Å². The topological polar surface area (TPSA) is 67.2 Å². The van der Waals surface area contributed by atoms with Gasteiger partial charge in [0.05, 0.1) is 23.0 Å². The molecule has 0 spiro atoms. The summed E-state index contributed by atoms with van der Waals surface area (Å²) in [4.78, 5) is 28.5. The molecule has 10 heteroatoms. The average molecular weight is 387 g/mol. The van der Waals surface area contributed by atoms with Crippen LogP contribution in [0.3, 0.4) is 0 Å². The van der Waals surface area contributed by atoms with Crippen LogP contribution in [0.4, 0.5) is 18.9 Å². The van der Waals surface area contributed by atoms with Crippen LogP contribution in [0.5, 0.6) is 0 Å². The molecule has 3 rings (SSSR count). The van der Waals surface area contributed by atoms with Gasteiger partial charge in [0.1, 0.15) is 6.54 Å². The number of aromatic nitrogens is 2. The number of nitrogens with zero attached hydrogens (tertiary/aromatic N) is 3. The largest absolute Gasteiger partial charge is 0.406 e. The van der Waals surface area contributed by atoms with Crippen molar-refractivity contribution in [1.82, 2.24) is 14.5 Å². The zero-order valence-electron chi connectivity index (χ0n) is 13.3. The van der Waals surface area contributed by atoms with Crippen molar-refractivity contribution in [3.05, 3.63) is 41.9 Å². The minimum absolute atomic E-state index is 0.247. The van der Waals surface area contributed by atoms with E-state index in [2.05, 4.69) is 10.3 Å². The molecule has 138 valence electrons. The number of carbonyl (C=O) groups is 2. The summed E-state index contributed by atoms with van der Waals surface area (Å²) in [5.41, 5.74) is 1.06. The predicted octanol–water partition coefficient (Wildman–Crippen LogP) is 2.88. The first-order valence-corrected chi connectivity index (χ1v) is 8.04. The molecular weight excluding hydrogens is 373 g/mol. The number of halogens is 4. The minimum Gasteiger partial charge on any atom is -0.333 e. The number of alkyl halides is 3. The second-order valence-electron chi connectivity index (χ2n) is 5.92. The Morgan fingerprint density at radius 1 is 1.38 bits per heavy atom. The molecule has 0 saturated carbocycles. The lowest BCUT2D eigenvalue weighted by molar-refractivity contribution is -0.157. The molecule has 1 aromatic carbocycles. The highest BCUT2D eigenvalue weighted by Gasteiger charge is 2.40. The van der Waals surface area contributed by atoms with Crippen LogP contribution in [0.2, 0.25) is 5.02 Å². The molecule has 26 heavy (non-hydrogen) atoms. The number of rotatable bonds is 4. The molecular formula is C16H14ClF3N4O2. The fraction of sp³-hybridized carbons (Fsp3) is 0.312. The van der Waals surface area contributed by atoms with Crippen molar-refractivity contribution in [1.29, 1.82) is 0 Å². The van der Waals surface area contributed by atoms with E-state index >= 15 is 0 Å². The maximum atomic E-state index is 12.4. The van der Waals surface area contributed by atoms with Crippen molar-refractivity contribution in [3.8, 4) is 5.69 Å². The number of hydrogen-bond acceptors (Lipinski definition) is 3. The minimum atomic E-state index is -4.49. The number of amides is 2. The molecule has 6 nitrogen and oxygen atoms in total. The fourth-order valence-electron chi connectivity index (χ4n) is 2.76. The Balaban J connectivity index is 1.65. The van der Waals surface area contributed by atoms with Gasteiger partial charge in [0.15, 0.2) is 0 Å². The fourth-order valence-corrected chi connectivity index (χ4v) is 3.04. The number of imidazole rings is 1. The lowest BCUT2D eigenvalue weighted by Crippen LogP contribution is -2.36. The van der Waals surface area contributed by atoms with E-state index in [0.717, 1.165) is 0 Å². The van der Waals surface area contributed by atoms with Gasteiger partial charge in [-0.05, 0) is 18.2 Å². The normalized spacial score (nSPS) is 17.6. The van der Waals surface area contributed by atoms with Crippen molar-refractivity contribution in [2.75, 3.05) is 18.4 Å². The third-order valence-corrected chi connectivity index (χ3v) is 4.26. The van der Waals surface area contributed by atoms with Gasteiger partial charge in [0.2, 0.25) is 11.8 Å². The van der Waals surface area contributed by atoms with Gasteiger partial charge >= 0.3 is 6.18 Å². The highest BCUT2D eigenvalue weighted by molar-refractivity contribution is 6.32. The molecule has 1 N–H and O–H groups in total. The number of likely N-dealkylation sites (tertiary alicyclic amines) is 1. The maximum absolute atomic E-state index is 12.4. The number of hydrogen-bond donors (Lipinski definition) is 1. The van der Waals surface area contributed by atoms with Crippen molar-refractivity contribution in [3.63, 3.8) is 0 Å². The van der Waals surface area contributed by atoms with Crippen LogP contribution < -0.4 is 5.32 Å². The molecule has 1 unspecified atom stereocenters. The van der Waals surface area contributed by atoms with E-state index in [0.29, 0.717) is 21.3 Å². The summed E-state index contributed by atoms with van der Waals surface area (Å²) >= 11 is 6.20. The van der Waals surface area contributed by atoms with Gasteiger partial charge in [0.25, 0.3) is 0 Å². The zero-order chi connectivity index (χ0) is 18.9. The predicted molar refractivity (Wildman–Crippen MR) is 87.9 cm³/mol. The summed E-state index contributed by atoms with van der Waals surface area (Å²) in [5.74, 6) is -2.04. The molecule has 2 aromatic rings. The first-order valence-electron chi connectivity index (χ1n) is 7.66. The van der Waals surface area contributed by atoms with Crippen molar-refractivity contribution < 1.29 is 22.8 Å². The molecule has 1 aliphatic heterocycles. The Labute approximate surface area is 151 Å². The third-order valence-electron chi connectivity index (χ3n) is 3.95. The zero-order valence-corrected chi connectivity index (χ0v) is 14.1. The molecule has 1 saturated heterocycles. The van der Waals surface area contributed by atoms with Crippen LogP contribution in [-0.4, -0.2) is 45.5 Å². The molecule has 1 aromatic heterocycles. The third kappa shape index (κ3) is 4.16. The summed E-state index contributed by atoms with van der Waals surface area (Å²) < 4.78 is 39.0. The van der Waals surface area contributed by atoms with E-state index in [1.807, 2.05) is 0 Å². The molecule has 0 bridgehead atoms. The number of benzene rings is 1. The van der Waals surface area contributed by atoms with Crippen LogP contribution >= 0.6 is 11.6 Å². The van der Waals surface area contributed by atoms with E-state index in [1.54, 1.807) is 35.4 Å². The van der Waals surface area contributed by atoms with Crippen molar-refractivity contribution in [2.45, 2.75) is 12.6 Å². The molecule has 2 amide bonds. The van der Waals surface area contributed by atoms with Gasteiger partial charge in [-0.3, -0.25) is 9.59 Å². The Morgan fingerprint density at radius 3 is 2.77 bits per heavy atom. The number of anilines is 1. The Bertz CT molecular complexity index is 823. The lowest BCUT2D eigenvalue weighted by atomic mass is 10.1. The van der Waals surface area contributed by atoms with Gasteiger partial charge in [0, 0.05) is 31.0 Å². The highest BCUT2D eigenvalue weighted by atomic mass is 35.5. The summed E-state index contributed by atoms with van der Waals surface area (Å²) in [6, 6.07) is 4.82. The summed E-state index contributed by atoms with van der Waals surface area (Å²) in [6.45, 7) is -1.61. The lowest BCUT2D eigenvalue weighted by Gasteiger charge is -2.18. The first kappa shape index (κ1) is 18.2. The van der Waals surface area contributed by atoms with Crippen LogP contribution in [0.15, 0.2) is 36.9 Å². The molecule has 1 aliphatic rings. The smallest absolute Gasteiger partial charge is 0.333 e. The van der Waals surface area contributed by atoms with Crippen LogP contribution in [0.25, 0.3) is 5.69 Å². The van der Waals surface area contributed by atoms with Gasteiger partial charge < -0.3 is 14.8 Å². The second-order valence-corrected chi connectivity index (χ2v) is 6.32. The molecule has 2 heterocycles. The molecule has 0 aliphatic carbocycles. The monoisotopic (exact) mass is 386 g/mol. The number of nitrogens with one attached hydrogen (secondary N) is 1. The average Bonchev–Trinajstić information content (AvgIpc) is 3.17. The Kier molecular flexibility index (Phi) is 4.90. The van der Waals surface area contributed by atoms with Crippen LogP contribution in [-0.2, 0) is 9.59 Å². The molecule has 1 atom stereocenters. The summed E-state index contributed by atoms with van der Waals surface area (Å²) in [7, 11) is 0. The van der Waals surface area contributed by atoms with E-state index in [1.165, 1.54) is 6.07 Å². The van der Waals surface area contributed by atoms with Gasteiger partial charge in [-0.2, -0.15) is 13.2 Å². The first-order chi connectivity index (χ1) is 12.2. The van der Waals surface area contributed by atoms with Crippen LogP contribution in [0.1, 0.15) is 6.42 Å². The Hall–Kier alpha value is -2.55.